The van der Waals surface area contributed by atoms with Crippen molar-refractivity contribution in [3.05, 3.63) is 108 Å². The number of halogens is 10. The van der Waals surface area contributed by atoms with E-state index in [1.54, 1.807) is 30.5 Å². The van der Waals surface area contributed by atoms with E-state index in [-0.39, 0.29) is 29.1 Å². The summed E-state index contributed by atoms with van der Waals surface area (Å²) in [7, 11) is 0. The molecule has 0 unspecified atom stereocenters. The maximum Gasteiger partial charge on any atom is 0.416 e. The predicted octanol–water partition coefficient (Wildman–Crippen LogP) is 12.3. The van der Waals surface area contributed by atoms with Crippen molar-refractivity contribution in [3.63, 3.8) is 0 Å². The Labute approximate surface area is 381 Å². The van der Waals surface area contributed by atoms with Gasteiger partial charge in [0.1, 0.15) is 0 Å². The molecular weight excluding hydrogens is 902 g/mol. The number of pyridine rings is 2. The largest absolute Gasteiger partial charge is 0.416 e. The molecule has 4 heterocycles. The Morgan fingerprint density at radius 3 is 1.47 bits per heavy atom. The molecule has 2 saturated heterocycles. The topological polar surface area (TPSA) is 108 Å². The minimum absolute atomic E-state index is 0. The van der Waals surface area contributed by atoms with Crippen LogP contribution in [0.5, 0.6) is 0 Å². The van der Waals surface area contributed by atoms with Crippen LogP contribution < -0.4 is 20.9 Å². The van der Waals surface area contributed by atoms with Crippen LogP contribution >= 0.6 is 47.2 Å². The first-order valence-corrected chi connectivity index (χ1v) is 21.3. The normalized spacial score (nSPS) is 13.6. The molecule has 4 aromatic rings. The summed E-state index contributed by atoms with van der Waals surface area (Å²) in [6, 6.07) is 13.5. The van der Waals surface area contributed by atoms with Crippen molar-refractivity contribution < 1.29 is 35.9 Å². The van der Waals surface area contributed by atoms with Crippen molar-refractivity contribution in [2.45, 2.75) is 71.6 Å². The van der Waals surface area contributed by atoms with Gasteiger partial charge in [0.15, 0.2) is 0 Å². The van der Waals surface area contributed by atoms with Crippen molar-refractivity contribution in [1.29, 1.82) is 0 Å². The fourth-order valence-electron chi connectivity index (χ4n) is 6.22. The summed E-state index contributed by atoms with van der Waals surface area (Å²) in [6.07, 6.45) is 3.52. The van der Waals surface area contributed by atoms with Crippen molar-refractivity contribution in [3.8, 4) is 0 Å². The van der Waals surface area contributed by atoms with E-state index >= 15 is 0 Å². The monoisotopic (exact) mass is 955 g/mol. The molecule has 1 amide bonds. The molecule has 19 heteroatoms. The molecule has 2 aliphatic rings. The second kappa shape index (κ2) is 29.4. The Kier molecular flexibility index (Phi) is 26.5. The number of nitrogens with two attached hydrogens (primary N) is 1. The number of aromatic nitrogens is 2. The molecule has 2 aliphatic heterocycles. The van der Waals surface area contributed by atoms with Crippen LogP contribution in [0.15, 0.2) is 85.5 Å². The minimum atomic E-state index is -4.46. The van der Waals surface area contributed by atoms with E-state index in [4.69, 9.17) is 40.5 Å². The van der Waals surface area contributed by atoms with E-state index in [0.717, 1.165) is 88.2 Å². The number of hydrogen-bond acceptors (Lipinski definition) is 8. The van der Waals surface area contributed by atoms with Crippen molar-refractivity contribution >= 4 is 81.1 Å². The van der Waals surface area contributed by atoms with Gasteiger partial charge in [0.05, 0.1) is 50.3 Å². The Bertz CT molecular complexity index is 1860. The van der Waals surface area contributed by atoms with Crippen LogP contribution in [0.1, 0.15) is 91.1 Å². The molecule has 2 aromatic heterocycles. The van der Waals surface area contributed by atoms with Gasteiger partial charge in [-0.1, -0.05) is 20.8 Å². The lowest BCUT2D eigenvalue weighted by molar-refractivity contribution is -0.138. The molecule has 0 saturated carbocycles. The van der Waals surface area contributed by atoms with Gasteiger partial charge in [-0.05, 0) is 130 Å². The smallest absolute Gasteiger partial charge is 0.397 e. The Morgan fingerprint density at radius 2 is 1.11 bits per heavy atom. The van der Waals surface area contributed by atoms with E-state index in [1.165, 1.54) is 56.8 Å². The van der Waals surface area contributed by atoms with Crippen LogP contribution in [0.3, 0.4) is 0 Å². The number of alkyl halides is 8. The van der Waals surface area contributed by atoms with Gasteiger partial charge in [0, 0.05) is 51.0 Å². The van der Waals surface area contributed by atoms with Gasteiger partial charge in [0.2, 0.25) is 0 Å². The minimum Gasteiger partial charge on any atom is -0.397 e. The summed E-state index contributed by atoms with van der Waals surface area (Å²) in [5.74, 6) is -0.481. The van der Waals surface area contributed by atoms with E-state index in [9.17, 15) is 35.9 Å². The molecule has 0 atom stereocenters. The standard InChI is InChI=1S/C18H18F3N3O.C12H15F3N2.C6H4ClNO.C6H15N.CH2Cl2.ClH/c19-18(20,21)14-6-7-16(24-9-2-1-3-10-24)15(11-14)23-17(25)13-5-4-8-22-12-13;13-12(14,15)9-4-5-11(10(16)8-9)17-6-2-1-3-7-17;7-6(9)5-2-1-3-8-4-5;1-4-7(5-2)6-3;2-1-3;/h4-8,11-12H,1-3,9-10H2,(H,23,25);4-5,8H,1-3,6-7,16H2;1-4H;4-6H2,1-3H3;1H2;1H. The molecule has 0 radical (unpaired) electrons. The van der Waals surface area contributed by atoms with Gasteiger partial charge in [-0.25, -0.2) is 0 Å². The van der Waals surface area contributed by atoms with Crippen LogP contribution in [0.2, 0.25) is 0 Å². The SMILES string of the molecule is CCN(CC)CC.Cl.ClCCl.Nc1cc(C(F)(F)F)ccc1N1CCCCC1.O=C(Cl)c1cccnc1.O=C(Nc1cc(C(F)(F)F)ccc1N1CCCCC1)c1cccnc1. The van der Waals surface area contributed by atoms with Crippen LogP contribution in [-0.4, -0.2) is 77.2 Å². The zero-order valence-corrected chi connectivity index (χ0v) is 38.0. The third-order valence-electron chi connectivity index (χ3n) is 9.47. The Balaban J connectivity index is 0.000000447. The molecule has 2 aromatic carbocycles. The number of piperidine rings is 2. The molecule has 0 spiro atoms. The van der Waals surface area contributed by atoms with E-state index in [1.807, 2.05) is 4.90 Å². The summed E-state index contributed by atoms with van der Waals surface area (Å²) in [4.78, 5) is 36.7. The van der Waals surface area contributed by atoms with Gasteiger partial charge < -0.3 is 25.8 Å². The number of nitrogens with zero attached hydrogens (tertiary/aromatic N) is 5. The number of carbonyl (C=O) groups is 2. The fourth-order valence-corrected chi connectivity index (χ4v) is 6.33. The number of nitrogen functional groups attached to an aromatic ring is 1. The van der Waals surface area contributed by atoms with E-state index in [0.29, 0.717) is 16.8 Å². The first-order chi connectivity index (χ1) is 29.0. The lowest BCUT2D eigenvalue weighted by Crippen LogP contribution is -2.30. The van der Waals surface area contributed by atoms with E-state index in [2.05, 4.69) is 45.9 Å². The molecule has 344 valence electrons. The Hall–Kier alpha value is -4.02. The predicted molar refractivity (Wildman–Crippen MR) is 243 cm³/mol. The van der Waals surface area contributed by atoms with Crippen LogP contribution in [0, 0.1) is 0 Å². The lowest BCUT2D eigenvalue weighted by Gasteiger charge is -2.31. The molecule has 62 heavy (non-hydrogen) atoms. The summed E-state index contributed by atoms with van der Waals surface area (Å²) in [5, 5.41) is 2.34. The van der Waals surface area contributed by atoms with Gasteiger partial charge in [-0.2, -0.15) is 26.3 Å². The second-order valence-electron chi connectivity index (χ2n) is 13.5. The highest BCUT2D eigenvalue weighted by molar-refractivity contribution is 6.67. The number of hydrogen-bond donors (Lipinski definition) is 2. The molecule has 0 bridgehead atoms. The van der Waals surface area contributed by atoms with Crippen molar-refractivity contribution in [1.82, 2.24) is 14.9 Å². The van der Waals surface area contributed by atoms with Gasteiger partial charge >= 0.3 is 12.4 Å². The average molecular weight is 958 g/mol. The maximum absolute atomic E-state index is 13.1. The van der Waals surface area contributed by atoms with Gasteiger partial charge in [-0.3, -0.25) is 19.6 Å². The highest BCUT2D eigenvalue weighted by atomic mass is 35.5. The third kappa shape index (κ3) is 20.0. The highest BCUT2D eigenvalue weighted by Crippen LogP contribution is 2.37. The summed E-state index contributed by atoms with van der Waals surface area (Å²) in [5.41, 5.74) is 6.68. The van der Waals surface area contributed by atoms with E-state index < -0.39 is 34.6 Å². The quantitative estimate of drug-likeness (QED) is 0.0778. The zero-order chi connectivity index (χ0) is 45.4. The summed E-state index contributed by atoms with van der Waals surface area (Å²) in [6.45, 7) is 13.4. The molecule has 9 nitrogen and oxygen atoms in total. The average Bonchev–Trinajstić information content (AvgIpc) is 3.26. The fraction of sp³-hybridized carbons (Fsp3) is 0.442. The van der Waals surface area contributed by atoms with Crippen LogP contribution in [-0.2, 0) is 12.4 Å². The number of rotatable bonds is 8. The number of amides is 1. The molecule has 0 aliphatic carbocycles. The molecular formula is C43H55Cl4F6N7O2. The summed E-state index contributed by atoms with van der Waals surface area (Å²) < 4.78 is 76.6. The van der Waals surface area contributed by atoms with Crippen LogP contribution in [0.25, 0.3) is 0 Å². The molecule has 2 fully saturated rings. The second-order valence-corrected chi connectivity index (χ2v) is 14.7. The molecule has 3 N–H and O–H groups in total. The highest BCUT2D eigenvalue weighted by Gasteiger charge is 2.32. The zero-order valence-electron chi connectivity index (χ0n) is 34.9. The Morgan fingerprint density at radius 1 is 0.694 bits per heavy atom. The first-order valence-electron chi connectivity index (χ1n) is 19.8. The number of benzene rings is 2. The third-order valence-corrected chi connectivity index (χ3v) is 9.69. The maximum atomic E-state index is 13.1. The van der Waals surface area contributed by atoms with Crippen LogP contribution in [0.4, 0.5) is 49.1 Å². The number of carbonyl (C=O) groups excluding carboxylic acids is 2. The summed E-state index contributed by atoms with van der Waals surface area (Å²) >= 11 is 14.7. The number of anilines is 4. The van der Waals surface area contributed by atoms with Crippen molar-refractivity contribution in [2.75, 3.05) is 72.0 Å². The first kappa shape index (κ1) is 56.0. The van der Waals surface area contributed by atoms with Gasteiger partial charge in [-0.15, -0.1) is 35.6 Å². The van der Waals surface area contributed by atoms with Crippen molar-refractivity contribution in [2.24, 2.45) is 0 Å². The lowest BCUT2D eigenvalue weighted by atomic mass is 10.1. The van der Waals surface area contributed by atoms with Gasteiger partial charge in [0.25, 0.3) is 11.1 Å². The number of nitrogens with one attached hydrogen (secondary N) is 1. The molecule has 6 rings (SSSR count).